The monoisotopic (exact) mass is 219 g/mol. The second-order valence-electron chi connectivity index (χ2n) is 4.00. The summed E-state index contributed by atoms with van der Waals surface area (Å²) in [6, 6.07) is 8.29. The van der Waals surface area contributed by atoms with Crippen molar-refractivity contribution in [1.82, 2.24) is 9.78 Å². The number of anilines is 1. The highest BCUT2D eigenvalue weighted by atomic mass is 19.1. The lowest BCUT2D eigenvalue weighted by molar-refractivity contribution is 0.542. The van der Waals surface area contributed by atoms with Crippen molar-refractivity contribution in [2.45, 2.75) is 19.9 Å². The number of nitrogens with two attached hydrogens (primary N) is 1. The summed E-state index contributed by atoms with van der Waals surface area (Å²) in [5.41, 5.74) is 7.27. The average Bonchev–Trinajstić information content (AvgIpc) is 2.60. The summed E-state index contributed by atoms with van der Waals surface area (Å²) < 4.78 is 14.8. The Labute approximate surface area is 93.7 Å². The largest absolute Gasteiger partial charge is 0.384 e. The van der Waals surface area contributed by atoms with Gasteiger partial charge in [0.1, 0.15) is 11.6 Å². The molecule has 0 spiro atoms. The molecule has 0 unspecified atom stereocenters. The number of nitrogen functional groups attached to an aromatic ring is 1. The van der Waals surface area contributed by atoms with Crippen molar-refractivity contribution in [2.24, 2.45) is 0 Å². The van der Waals surface area contributed by atoms with Gasteiger partial charge in [-0.25, -0.2) is 9.07 Å². The van der Waals surface area contributed by atoms with E-state index in [0.29, 0.717) is 11.5 Å². The van der Waals surface area contributed by atoms with Crippen molar-refractivity contribution < 1.29 is 4.39 Å². The van der Waals surface area contributed by atoms with Crippen LogP contribution in [0.2, 0.25) is 0 Å². The van der Waals surface area contributed by atoms with Crippen LogP contribution in [0.1, 0.15) is 19.9 Å². The SMILES string of the molecule is CC(C)n1nc(-c2cccc(F)c2)cc1N. The molecule has 2 N–H and O–H groups in total. The molecule has 0 aliphatic rings. The van der Waals surface area contributed by atoms with Crippen LogP contribution in [0.5, 0.6) is 0 Å². The Morgan fingerprint density at radius 1 is 1.31 bits per heavy atom. The van der Waals surface area contributed by atoms with Gasteiger partial charge >= 0.3 is 0 Å². The van der Waals surface area contributed by atoms with Crippen LogP contribution in [0, 0.1) is 5.82 Å². The lowest BCUT2D eigenvalue weighted by Gasteiger charge is -2.06. The average molecular weight is 219 g/mol. The number of benzene rings is 1. The second-order valence-corrected chi connectivity index (χ2v) is 4.00. The van der Waals surface area contributed by atoms with E-state index in [1.54, 1.807) is 16.8 Å². The van der Waals surface area contributed by atoms with Crippen LogP contribution in [0.3, 0.4) is 0 Å². The van der Waals surface area contributed by atoms with Crippen LogP contribution in [0.25, 0.3) is 11.3 Å². The Morgan fingerprint density at radius 3 is 2.62 bits per heavy atom. The lowest BCUT2D eigenvalue weighted by Crippen LogP contribution is -2.06. The first-order valence-corrected chi connectivity index (χ1v) is 5.19. The predicted octanol–water partition coefficient (Wildman–Crippen LogP) is 2.85. The smallest absolute Gasteiger partial charge is 0.123 e. The summed E-state index contributed by atoms with van der Waals surface area (Å²) in [6.45, 7) is 4.00. The highest BCUT2D eigenvalue weighted by Gasteiger charge is 2.09. The molecule has 0 fully saturated rings. The fraction of sp³-hybridized carbons (Fsp3) is 0.250. The van der Waals surface area contributed by atoms with Gasteiger partial charge in [-0.2, -0.15) is 5.10 Å². The third-order valence-corrected chi connectivity index (χ3v) is 2.37. The van der Waals surface area contributed by atoms with Crippen molar-refractivity contribution >= 4 is 5.82 Å². The van der Waals surface area contributed by atoms with E-state index in [1.807, 2.05) is 19.9 Å². The third-order valence-electron chi connectivity index (χ3n) is 2.37. The van der Waals surface area contributed by atoms with Crippen molar-refractivity contribution in [3.63, 3.8) is 0 Å². The van der Waals surface area contributed by atoms with E-state index >= 15 is 0 Å². The Bertz CT molecular complexity index is 503. The molecule has 0 amide bonds. The first-order chi connectivity index (χ1) is 7.58. The molecule has 1 aromatic heterocycles. The minimum absolute atomic E-state index is 0.197. The van der Waals surface area contributed by atoms with E-state index in [-0.39, 0.29) is 11.9 Å². The molecule has 0 aliphatic carbocycles. The van der Waals surface area contributed by atoms with Gasteiger partial charge in [-0.15, -0.1) is 0 Å². The Kier molecular flexibility index (Phi) is 2.64. The molecule has 0 bridgehead atoms. The summed E-state index contributed by atoms with van der Waals surface area (Å²) in [5.74, 6) is 0.324. The van der Waals surface area contributed by atoms with Gasteiger partial charge in [-0.05, 0) is 26.0 Å². The lowest BCUT2D eigenvalue weighted by atomic mass is 10.1. The van der Waals surface area contributed by atoms with Gasteiger partial charge in [-0.3, -0.25) is 0 Å². The number of hydrogen-bond acceptors (Lipinski definition) is 2. The van der Waals surface area contributed by atoms with Crippen molar-refractivity contribution in [1.29, 1.82) is 0 Å². The molecular formula is C12H14FN3. The highest BCUT2D eigenvalue weighted by molar-refractivity contribution is 5.62. The molecule has 84 valence electrons. The Balaban J connectivity index is 2.45. The number of nitrogens with zero attached hydrogens (tertiary/aromatic N) is 2. The molecule has 0 atom stereocenters. The van der Waals surface area contributed by atoms with Crippen molar-refractivity contribution in [2.75, 3.05) is 5.73 Å². The van der Waals surface area contributed by atoms with E-state index < -0.39 is 0 Å². The van der Waals surface area contributed by atoms with Gasteiger partial charge in [0, 0.05) is 17.7 Å². The zero-order chi connectivity index (χ0) is 11.7. The van der Waals surface area contributed by atoms with Gasteiger partial charge in [0.25, 0.3) is 0 Å². The van der Waals surface area contributed by atoms with E-state index in [1.165, 1.54) is 12.1 Å². The summed E-state index contributed by atoms with van der Waals surface area (Å²) in [7, 11) is 0. The van der Waals surface area contributed by atoms with Crippen molar-refractivity contribution in [3.8, 4) is 11.3 Å². The van der Waals surface area contributed by atoms with Crippen LogP contribution in [0.4, 0.5) is 10.2 Å². The number of rotatable bonds is 2. The summed E-state index contributed by atoms with van der Waals surface area (Å²) in [4.78, 5) is 0. The zero-order valence-electron chi connectivity index (χ0n) is 9.31. The fourth-order valence-electron chi connectivity index (χ4n) is 1.61. The highest BCUT2D eigenvalue weighted by Crippen LogP contribution is 2.22. The van der Waals surface area contributed by atoms with Gasteiger partial charge in [0.05, 0.1) is 5.69 Å². The topological polar surface area (TPSA) is 43.8 Å². The van der Waals surface area contributed by atoms with Gasteiger partial charge in [-0.1, -0.05) is 12.1 Å². The van der Waals surface area contributed by atoms with E-state index in [9.17, 15) is 4.39 Å². The van der Waals surface area contributed by atoms with E-state index in [4.69, 9.17) is 5.73 Å². The van der Waals surface area contributed by atoms with E-state index in [0.717, 1.165) is 5.56 Å². The first kappa shape index (κ1) is 10.7. The number of hydrogen-bond donors (Lipinski definition) is 1. The molecule has 0 saturated heterocycles. The molecule has 2 aromatic rings. The zero-order valence-corrected chi connectivity index (χ0v) is 9.31. The molecule has 1 aromatic carbocycles. The maximum absolute atomic E-state index is 13.1. The molecular weight excluding hydrogens is 205 g/mol. The number of aromatic nitrogens is 2. The minimum Gasteiger partial charge on any atom is -0.384 e. The van der Waals surface area contributed by atoms with Crippen LogP contribution in [-0.2, 0) is 0 Å². The summed E-state index contributed by atoms with van der Waals surface area (Å²) >= 11 is 0. The maximum atomic E-state index is 13.1. The third kappa shape index (κ3) is 1.91. The molecule has 2 rings (SSSR count). The van der Waals surface area contributed by atoms with Crippen LogP contribution < -0.4 is 5.73 Å². The van der Waals surface area contributed by atoms with Crippen LogP contribution in [-0.4, -0.2) is 9.78 Å². The summed E-state index contributed by atoms with van der Waals surface area (Å²) in [6.07, 6.45) is 0. The minimum atomic E-state index is -0.268. The number of halogens is 1. The van der Waals surface area contributed by atoms with Crippen molar-refractivity contribution in [3.05, 3.63) is 36.1 Å². The molecule has 16 heavy (non-hydrogen) atoms. The first-order valence-electron chi connectivity index (χ1n) is 5.19. The van der Waals surface area contributed by atoms with Gasteiger partial charge in [0.2, 0.25) is 0 Å². The molecule has 0 radical (unpaired) electrons. The summed E-state index contributed by atoms with van der Waals surface area (Å²) in [5, 5.41) is 4.35. The molecule has 4 heteroatoms. The van der Waals surface area contributed by atoms with Gasteiger partial charge in [0.15, 0.2) is 0 Å². The molecule has 1 heterocycles. The van der Waals surface area contributed by atoms with E-state index in [2.05, 4.69) is 5.10 Å². The Morgan fingerprint density at radius 2 is 2.06 bits per heavy atom. The quantitative estimate of drug-likeness (QED) is 0.844. The molecule has 0 aliphatic heterocycles. The van der Waals surface area contributed by atoms with Crippen LogP contribution in [0.15, 0.2) is 30.3 Å². The fourth-order valence-corrected chi connectivity index (χ4v) is 1.61. The standard InChI is InChI=1S/C12H14FN3/c1-8(2)16-12(14)7-11(15-16)9-4-3-5-10(13)6-9/h3-8H,14H2,1-2H3. The molecule has 0 saturated carbocycles. The predicted molar refractivity (Wildman–Crippen MR) is 62.4 cm³/mol. The maximum Gasteiger partial charge on any atom is 0.123 e. The second kappa shape index (κ2) is 3.96. The normalized spacial score (nSPS) is 11.0. The Hall–Kier alpha value is -1.84. The molecule has 3 nitrogen and oxygen atoms in total. The van der Waals surface area contributed by atoms with Crippen LogP contribution >= 0.6 is 0 Å². The van der Waals surface area contributed by atoms with Gasteiger partial charge < -0.3 is 5.73 Å².